The number of esters is 1. The predicted octanol–water partition coefficient (Wildman–Crippen LogP) is 4.92. The Morgan fingerprint density at radius 3 is 2.32 bits per heavy atom. The van der Waals surface area contributed by atoms with Crippen LogP contribution in [0.25, 0.3) is 0 Å². The minimum absolute atomic E-state index is 0.0916. The molecule has 25 heavy (non-hydrogen) atoms. The molecule has 2 aromatic rings. The van der Waals surface area contributed by atoms with E-state index in [1.54, 1.807) is 13.0 Å². The number of benzene rings is 1. The number of hydrazone groups is 1. The Bertz CT molecular complexity index is 818. The Labute approximate surface area is 160 Å². The molecule has 0 amide bonds. The summed E-state index contributed by atoms with van der Waals surface area (Å²) in [5, 5.41) is 8.20. The molecule has 0 atom stereocenters. The fourth-order valence-corrected chi connectivity index (χ4v) is 2.68. The normalized spacial score (nSPS) is 11.6. The number of anilines is 1. The molecule has 2 rings (SSSR count). The molecule has 0 saturated carbocycles. The summed E-state index contributed by atoms with van der Waals surface area (Å²) < 4.78 is 9.93. The molecule has 9 heteroatoms. The Balaban J connectivity index is 2.09. The number of nitrogens with one attached hydrogen (secondary N) is 1. The van der Waals surface area contributed by atoms with Crippen LogP contribution in [0.4, 0.5) is 5.69 Å². The second-order valence-electron chi connectivity index (χ2n) is 5.40. The van der Waals surface area contributed by atoms with Gasteiger partial charge in [0.25, 0.3) is 0 Å². The summed E-state index contributed by atoms with van der Waals surface area (Å²) in [4.78, 5) is 11.9. The smallest absolute Gasteiger partial charge is 0.371 e. The van der Waals surface area contributed by atoms with Gasteiger partial charge in [0.2, 0.25) is 5.17 Å². The number of ether oxygens (including phenoxy) is 1. The van der Waals surface area contributed by atoms with Crippen LogP contribution in [0.3, 0.4) is 0 Å². The first-order chi connectivity index (χ1) is 11.7. The maximum absolute atomic E-state index is 11.9. The largest absolute Gasteiger partial charge is 0.452 e. The Hall–Kier alpha value is -1.76. The van der Waals surface area contributed by atoms with Crippen molar-refractivity contribution in [1.82, 2.24) is 5.16 Å². The molecular formula is C16H16Cl3N3O3. The lowest BCUT2D eigenvalue weighted by Crippen LogP contribution is -2.14. The van der Waals surface area contributed by atoms with Crippen LogP contribution in [0.5, 0.6) is 0 Å². The van der Waals surface area contributed by atoms with Gasteiger partial charge in [0.1, 0.15) is 0 Å². The Morgan fingerprint density at radius 2 is 1.80 bits per heavy atom. The van der Waals surface area contributed by atoms with Crippen molar-refractivity contribution in [3.8, 4) is 0 Å². The fraction of sp³-hybridized carbons (Fsp3) is 0.312. The zero-order valence-corrected chi connectivity index (χ0v) is 16.3. The molecule has 1 heterocycles. The van der Waals surface area contributed by atoms with E-state index in [9.17, 15) is 4.79 Å². The second-order valence-corrected chi connectivity index (χ2v) is 6.52. The van der Waals surface area contributed by atoms with E-state index in [2.05, 4.69) is 15.7 Å². The number of rotatable bonds is 5. The van der Waals surface area contributed by atoms with Crippen LogP contribution in [0.2, 0.25) is 10.0 Å². The molecule has 0 aliphatic rings. The van der Waals surface area contributed by atoms with Gasteiger partial charge in [-0.25, -0.2) is 4.79 Å². The predicted molar refractivity (Wildman–Crippen MR) is 98.6 cm³/mol. The monoisotopic (exact) mass is 403 g/mol. The van der Waals surface area contributed by atoms with Gasteiger partial charge in [-0.1, -0.05) is 40.0 Å². The molecule has 0 unspecified atom stereocenters. The first-order valence-electron chi connectivity index (χ1n) is 7.25. The van der Waals surface area contributed by atoms with Crippen LogP contribution in [0, 0.1) is 27.7 Å². The maximum Gasteiger partial charge on any atom is 0.371 e. The summed E-state index contributed by atoms with van der Waals surface area (Å²) in [7, 11) is 0. The number of halogens is 3. The number of hydrogen-bond donors (Lipinski definition) is 1. The van der Waals surface area contributed by atoms with Gasteiger partial charge in [0, 0.05) is 6.07 Å². The summed E-state index contributed by atoms with van der Waals surface area (Å²) in [6.07, 6.45) is 0. The second kappa shape index (κ2) is 8.08. The number of nitrogens with zero attached hydrogens (tertiary/aromatic N) is 2. The van der Waals surface area contributed by atoms with Gasteiger partial charge in [-0.15, -0.1) is 0 Å². The van der Waals surface area contributed by atoms with E-state index in [4.69, 9.17) is 44.1 Å². The molecule has 6 nitrogen and oxygen atoms in total. The molecule has 0 spiro atoms. The highest BCUT2D eigenvalue weighted by Gasteiger charge is 2.16. The molecule has 1 aromatic carbocycles. The van der Waals surface area contributed by atoms with Crippen molar-refractivity contribution in [2.24, 2.45) is 5.10 Å². The summed E-state index contributed by atoms with van der Waals surface area (Å²) in [5.74, 6) is -0.394. The molecular weight excluding hydrogens is 389 g/mol. The fourth-order valence-electron chi connectivity index (χ4n) is 2.16. The number of carbonyl (C=O) groups excluding carboxylic acids is 1. The van der Waals surface area contributed by atoms with Crippen LogP contribution in [-0.2, 0) is 16.1 Å². The van der Waals surface area contributed by atoms with Crippen molar-refractivity contribution in [3.63, 3.8) is 0 Å². The van der Waals surface area contributed by atoms with Gasteiger partial charge in [-0.2, -0.15) is 5.10 Å². The molecule has 1 N–H and O–H groups in total. The van der Waals surface area contributed by atoms with E-state index >= 15 is 0 Å². The average Bonchev–Trinajstić information content (AvgIpc) is 3.01. The summed E-state index contributed by atoms with van der Waals surface area (Å²) >= 11 is 18.4. The van der Waals surface area contributed by atoms with Crippen molar-refractivity contribution in [2.45, 2.75) is 34.3 Å². The van der Waals surface area contributed by atoms with Gasteiger partial charge < -0.3 is 9.26 Å². The topological polar surface area (TPSA) is 76.7 Å². The highest BCUT2D eigenvalue weighted by molar-refractivity contribution is 6.82. The van der Waals surface area contributed by atoms with E-state index < -0.39 is 5.97 Å². The minimum Gasteiger partial charge on any atom is -0.452 e. The van der Waals surface area contributed by atoms with Gasteiger partial charge in [-0.3, -0.25) is 5.43 Å². The van der Waals surface area contributed by atoms with Crippen LogP contribution < -0.4 is 5.43 Å². The quantitative estimate of drug-likeness (QED) is 0.435. The van der Waals surface area contributed by atoms with Gasteiger partial charge in [0.05, 0.1) is 21.4 Å². The van der Waals surface area contributed by atoms with Crippen molar-refractivity contribution >= 4 is 51.6 Å². The highest BCUT2D eigenvalue weighted by Crippen LogP contribution is 2.37. The lowest BCUT2D eigenvalue weighted by Gasteiger charge is -2.15. The lowest BCUT2D eigenvalue weighted by molar-refractivity contribution is -0.137. The summed E-state index contributed by atoms with van der Waals surface area (Å²) in [6.45, 7) is 7.12. The number of aryl methyl sites for hydroxylation is 1. The Morgan fingerprint density at radius 1 is 1.20 bits per heavy atom. The van der Waals surface area contributed by atoms with Gasteiger partial charge in [-0.05, 0) is 44.4 Å². The van der Waals surface area contributed by atoms with Gasteiger partial charge in [0.15, 0.2) is 12.4 Å². The van der Waals surface area contributed by atoms with Crippen LogP contribution in [0.1, 0.15) is 28.1 Å². The van der Waals surface area contributed by atoms with Crippen molar-refractivity contribution < 1.29 is 14.1 Å². The SMILES string of the molecule is Cc1cc(COC(=O)/C(Cl)=N/Nc2c(C)c(Cl)c(C)c(Cl)c2C)on1. The molecule has 0 aliphatic carbocycles. The van der Waals surface area contributed by atoms with Crippen molar-refractivity contribution in [1.29, 1.82) is 0 Å². The molecule has 1 aromatic heterocycles. The molecule has 0 saturated heterocycles. The van der Waals surface area contributed by atoms with Crippen LogP contribution in [0.15, 0.2) is 15.7 Å². The van der Waals surface area contributed by atoms with Crippen LogP contribution >= 0.6 is 34.8 Å². The highest BCUT2D eigenvalue weighted by atomic mass is 35.5. The Kier molecular flexibility index (Phi) is 6.32. The molecule has 0 bridgehead atoms. The lowest BCUT2D eigenvalue weighted by atomic mass is 10.1. The standard InChI is InChI=1S/C16H16Cl3N3O3/c1-7-5-11(25-22-7)6-24-16(23)15(19)21-20-14-9(3)12(17)8(2)13(18)10(14)4/h5,20H,6H2,1-4H3/b21-15-. The maximum atomic E-state index is 11.9. The summed E-state index contributed by atoms with van der Waals surface area (Å²) in [5.41, 5.74) is 6.27. The third-order valence-corrected chi connectivity index (χ3v) is 4.90. The van der Waals surface area contributed by atoms with E-state index in [1.165, 1.54) is 0 Å². The van der Waals surface area contributed by atoms with Crippen molar-refractivity contribution in [3.05, 3.63) is 44.3 Å². The minimum atomic E-state index is -0.803. The average molecular weight is 405 g/mol. The third-order valence-electron chi connectivity index (χ3n) is 3.52. The van der Waals surface area contributed by atoms with E-state index in [0.717, 1.165) is 16.7 Å². The summed E-state index contributed by atoms with van der Waals surface area (Å²) in [6, 6.07) is 1.65. The third kappa shape index (κ3) is 4.45. The number of hydrogen-bond acceptors (Lipinski definition) is 6. The van der Waals surface area contributed by atoms with E-state index in [-0.39, 0.29) is 11.8 Å². The first kappa shape index (κ1) is 19.6. The molecule has 134 valence electrons. The molecule has 0 radical (unpaired) electrons. The van der Waals surface area contributed by atoms with Crippen molar-refractivity contribution in [2.75, 3.05) is 5.43 Å². The zero-order chi connectivity index (χ0) is 18.7. The van der Waals surface area contributed by atoms with E-state index in [0.29, 0.717) is 27.2 Å². The molecule has 0 fully saturated rings. The van der Waals surface area contributed by atoms with Crippen LogP contribution in [-0.4, -0.2) is 16.3 Å². The first-order valence-corrected chi connectivity index (χ1v) is 8.39. The van der Waals surface area contributed by atoms with Gasteiger partial charge >= 0.3 is 5.97 Å². The van der Waals surface area contributed by atoms with E-state index in [1.807, 2.05) is 20.8 Å². The number of aromatic nitrogens is 1. The zero-order valence-electron chi connectivity index (χ0n) is 14.0. The number of carbonyl (C=O) groups is 1. The molecule has 0 aliphatic heterocycles.